The maximum atomic E-state index is 5.58. The molecular formula is C50H28N4. The Hall–Kier alpha value is -7.30. The highest BCUT2D eigenvalue weighted by Crippen LogP contribution is 2.47. The average Bonchev–Trinajstić information content (AvgIpc) is 3.68. The van der Waals surface area contributed by atoms with Gasteiger partial charge in [-0.05, 0) is 57.3 Å². The Morgan fingerprint density at radius 3 is 1.87 bits per heavy atom. The van der Waals surface area contributed by atoms with E-state index in [9.17, 15) is 0 Å². The van der Waals surface area contributed by atoms with Gasteiger partial charge in [-0.25, -0.2) is 9.97 Å². The van der Waals surface area contributed by atoms with Crippen molar-refractivity contribution < 1.29 is 0 Å². The quantitative estimate of drug-likeness (QED) is 0.170. The first-order valence-electron chi connectivity index (χ1n) is 18.5. The number of para-hydroxylation sites is 1. The monoisotopic (exact) mass is 684 g/mol. The Kier molecular flexibility index (Phi) is 5.34. The van der Waals surface area contributed by atoms with Gasteiger partial charge in [-0.15, -0.1) is 0 Å². The van der Waals surface area contributed by atoms with Gasteiger partial charge in [0.1, 0.15) is 5.69 Å². The third kappa shape index (κ3) is 3.57. The average molecular weight is 685 g/mol. The molecule has 0 aliphatic heterocycles. The molecule has 54 heavy (non-hydrogen) atoms. The summed E-state index contributed by atoms with van der Waals surface area (Å²) in [5, 5.41) is 14.6. The van der Waals surface area contributed by atoms with Gasteiger partial charge < -0.3 is 4.40 Å². The lowest BCUT2D eigenvalue weighted by atomic mass is 10.0. The van der Waals surface area contributed by atoms with Crippen molar-refractivity contribution in [2.75, 3.05) is 0 Å². The molecule has 0 spiro atoms. The molecule has 4 heteroatoms. The minimum absolute atomic E-state index is 0.824. The Morgan fingerprint density at radius 1 is 0.370 bits per heavy atom. The zero-order chi connectivity index (χ0) is 35.1. The zero-order valence-electron chi connectivity index (χ0n) is 29.0. The lowest BCUT2D eigenvalue weighted by Crippen LogP contribution is -2.04. The highest BCUT2D eigenvalue weighted by atomic mass is 15.1. The van der Waals surface area contributed by atoms with Crippen molar-refractivity contribution in [3.05, 3.63) is 170 Å². The van der Waals surface area contributed by atoms with Crippen LogP contribution in [0.25, 0.3) is 120 Å². The van der Waals surface area contributed by atoms with Crippen LogP contribution in [0.1, 0.15) is 0 Å². The number of rotatable bonds is 2. The van der Waals surface area contributed by atoms with E-state index in [1.54, 1.807) is 0 Å². The van der Waals surface area contributed by atoms with Crippen molar-refractivity contribution in [3.8, 4) is 17.1 Å². The molecule has 0 fully saturated rings. The second-order valence-electron chi connectivity index (χ2n) is 14.5. The van der Waals surface area contributed by atoms with Crippen molar-refractivity contribution >= 4 is 103 Å². The largest absolute Gasteiger partial charge is 0.307 e. The van der Waals surface area contributed by atoms with Gasteiger partial charge in [0.15, 0.2) is 5.82 Å². The SMILES string of the molecule is c1ccc(-c2nc3c(ccc4ccccc43)nc2-n2c3cccc4c5cccc6c7cc8ccccc8cc7n(c56)c5c6ccccc6cc2c5c43)cc1. The van der Waals surface area contributed by atoms with Gasteiger partial charge >= 0.3 is 0 Å². The summed E-state index contributed by atoms with van der Waals surface area (Å²) in [4.78, 5) is 11.1. The molecule has 0 bridgehead atoms. The Bertz CT molecular complexity index is 3720. The number of fused-ring (bicyclic) bond motifs is 11. The normalized spacial score (nSPS) is 12.4. The van der Waals surface area contributed by atoms with E-state index in [1.165, 1.54) is 70.4 Å². The summed E-state index contributed by atoms with van der Waals surface area (Å²) in [6, 6.07) is 61.6. The zero-order valence-corrected chi connectivity index (χ0v) is 29.0. The van der Waals surface area contributed by atoms with Gasteiger partial charge in [0.05, 0.1) is 38.6 Å². The molecule has 13 aromatic rings. The van der Waals surface area contributed by atoms with Gasteiger partial charge in [-0.2, -0.15) is 0 Å². The van der Waals surface area contributed by atoms with Crippen molar-refractivity contribution in [1.82, 2.24) is 18.9 Å². The predicted molar refractivity (Wildman–Crippen MR) is 226 cm³/mol. The fraction of sp³-hybridized carbons (Fsp3) is 0. The molecular weight excluding hydrogens is 657 g/mol. The van der Waals surface area contributed by atoms with E-state index in [-0.39, 0.29) is 0 Å². The van der Waals surface area contributed by atoms with Gasteiger partial charge in [0.25, 0.3) is 0 Å². The van der Waals surface area contributed by atoms with E-state index in [0.29, 0.717) is 0 Å². The van der Waals surface area contributed by atoms with Crippen LogP contribution >= 0.6 is 0 Å². The van der Waals surface area contributed by atoms with Gasteiger partial charge in [-0.1, -0.05) is 140 Å². The first-order valence-corrected chi connectivity index (χ1v) is 18.5. The fourth-order valence-corrected chi connectivity index (χ4v) is 9.47. The minimum atomic E-state index is 0.824. The highest BCUT2D eigenvalue weighted by molar-refractivity contribution is 6.35. The van der Waals surface area contributed by atoms with E-state index in [4.69, 9.17) is 9.97 Å². The van der Waals surface area contributed by atoms with Crippen molar-refractivity contribution in [2.45, 2.75) is 0 Å². The van der Waals surface area contributed by atoms with Gasteiger partial charge in [0.2, 0.25) is 0 Å². The number of aromatic nitrogens is 4. The molecule has 248 valence electrons. The molecule has 4 heterocycles. The Balaban J connectivity index is 1.31. The standard InChI is InChI=1S/C50H28N4/c1-2-13-30(14-3-1)46-50(51-40-25-24-29-12-6-8-18-34(29)47(40)52-46)53-41-23-11-20-36-37-21-10-22-38-39-26-31-15-4-5-16-32(31)27-42(39)54(48(37)38)49-35-19-9-7-17-33(35)28-43(53)45(49)44(36)41/h1-28H. The summed E-state index contributed by atoms with van der Waals surface area (Å²) in [6.45, 7) is 0. The molecule has 0 N–H and O–H groups in total. The maximum Gasteiger partial charge on any atom is 0.165 e. The Labute approximate surface area is 308 Å². The third-order valence-electron chi connectivity index (χ3n) is 11.7. The molecule has 0 unspecified atom stereocenters. The van der Waals surface area contributed by atoms with E-state index >= 15 is 0 Å². The van der Waals surface area contributed by atoms with Gasteiger partial charge in [-0.3, -0.25) is 4.57 Å². The molecule has 9 aromatic carbocycles. The molecule has 4 aromatic heterocycles. The molecule has 0 radical (unpaired) electrons. The van der Waals surface area contributed by atoms with Crippen LogP contribution in [-0.2, 0) is 0 Å². The van der Waals surface area contributed by atoms with Crippen molar-refractivity contribution in [2.24, 2.45) is 0 Å². The van der Waals surface area contributed by atoms with Crippen LogP contribution in [0.5, 0.6) is 0 Å². The van der Waals surface area contributed by atoms with Gasteiger partial charge in [0, 0.05) is 43.3 Å². The van der Waals surface area contributed by atoms with Crippen molar-refractivity contribution in [1.29, 1.82) is 0 Å². The predicted octanol–water partition coefficient (Wildman–Crippen LogP) is 13.0. The summed E-state index contributed by atoms with van der Waals surface area (Å²) >= 11 is 0. The van der Waals surface area contributed by atoms with Crippen LogP contribution in [0.3, 0.4) is 0 Å². The second kappa shape index (κ2) is 10.2. The second-order valence-corrected chi connectivity index (χ2v) is 14.5. The Morgan fingerprint density at radius 2 is 1.02 bits per heavy atom. The number of hydrogen-bond acceptors (Lipinski definition) is 2. The van der Waals surface area contributed by atoms with E-state index in [1.807, 2.05) is 0 Å². The van der Waals surface area contributed by atoms with Crippen LogP contribution in [-0.4, -0.2) is 18.9 Å². The van der Waals surface area contributed by atoms with E-state index in [2.05, 4.69) is 179 Å². The fourth-order valence-electron chi connectivity index (χ4n) is 9.47. The van der Waals surface area contributed by atoms with Crippen LogP contribution in [0.2, 0.25) is 0 Å². The van der Waals surface area contributed by atoms with Crippen LogP contribution < -0.4 is 0 Å². The first-order chi connectivity index (χ1) is 26.8. The van der Waals surface area contributed by atoms with E-state index in [0.717, 1.165) is 49.9 Å². The van der Waals surface area contributed by atoms with Crippen LogP contribution in [0.15, 0.2) is 170 Å². The maximum absolute atomic E-state index is 5.58. The summed E-state index contributed by atoms with van der Waals surface area (Å²) in [5.74, 6) is 0.824. The number of hydrogen-bond donors (Lipinski definition) is 0. The molecule has 0 aliphatic carbocycles. The lowest BCUT2D eigenvalue weighted by molar-refractivity contribution is 1.08. The number of benzene rings is 9. The molecule has 0 amide bonds. The topological polar surface area (TPSA) is 35.1 Å². The lowest BCUT2D eigenvalue weighted by Gasteiger charge is -2.15. The van der Waals surface area contributed by atoms with Crippen LogP contribution in [0, 0.1) is 0 Å². The minimum Gasteiger partial charge on any atom is -0.307 e. The molecule has 0 aliphatic rings. The van der Waals surface area contributed by atoms with Crippen molar-refractivity contribution in [3.63, 3.8) is 0 Å². The molecule has 4 nitrogen and oxygen atoms in total. The highest BCUT2D eigenvalue weighted by Gasteiger charge is 2.26. The molecule has 13 rings (SSSR count). The molecule has 0 saturated carbocycles. The smallest absolute Gasteiger partial charge is 0.165 e. The first kappa shape index (κ1) is 28.3. The summed E-state index contributed by atoms with van der Waals surface area (Å²) in [6.07, 6.45) is 0. The summed E-state index contributed by atoms with van der Waals surface area (Å²) in [7, 11) is 0. The summed E-state index contributed by atoms with van der Waals surface area (Å²) in [5.41, 5.74) is 9.57. The number of nitrogens with zero attached hydrogens (tertiary/aromatic N) is 4. The molecule has 0 saturated heterocycles. The third-order valence-corrected chi connectivity index (χ3v) is 11.7. The van der Waals surface area contributed by atoms with Crippen LogP contribution in [0.4, 0.5) is 0 Å². The van der Waals surface area contributed by atoms with E-state index < -0.39 is 0 Å². The molecule has 0 atom stereocenters. The summed E-state index contributed by atoms with van der Waals surface area (Å²) < 4.78 is 4.96.